The monoisotopic (exact) mass is 349 g/mol. The number of carbonyl (C=O) groups is 1. The van der Waals surface area contributed by atoms with Crippen molar-refractivity contribution in [3.05, 3.63) is 42.0 Å². The van der Waals surface area contributed by atoms with E-state index in [1.54, 1.807) is 24.3 Å². The van der Waals surface area contributed by atoms with Crippen LogP contribution in [0.3, 0.4) is 0 Å². The minimum Gasteiger partial charge on any atom is -0.493 e. The van der Waals surface area contributed by atoms with Crippen LogP contribution in [0.2, 0.25) is 0 Å². The maximum absolute atomic E-state index is 13.1. The predicted octanol–water partition coefficient (Wildman–Crippen LogP) is 3.59. The van der Waals surface area contributed by atoms with Gasteiger partial charge in [0.1, 0.15) is 11.9 Å². The van der Waals surface area contributed by atoms with Crippen LogP contribution in [0.4, 0.5) is 13.6 Å². The molecular weight excluding hydrogens is 336 g/mol. The lowest BCUT2D eigenvalue weighted by Gasteiger charge is -2.25. The number of rotatable bonds is 2. The van der Waals surface area contributed by atoms with Gasteiger partial charge in [-0.15, -0.1) is 8.78 Å². The Labute approximate surface area is 141 Å². The van der Waals surface area contributed by atoms with Gasteiger partial charge in [-0.05, 0) is 29.3 Å². The molecule has 2 aliphatic rings. The maximum Gasteiger partial charge on any atom is 0.586 e. The highest BCUT2D eigenvalue weighted by Gasteiger charge is 2.43. The van der Waals surface area contributed by atoms with Crippen molar-refractivity contribution in [3.8, 4) is 28.4 Å². The van der Waals surface area contributed by atoms with Crippen molar-refractivity contribution >= 4 is 6.09 Å². The molecule has 1 atom stereocenters. The fourth-order valence-corrected chi connectivity index (χ4v) is 2.93. The maximum atomic E-state index is 13.1. The van der Waals surface area contributed by atoms with E-state index >= 15 is 0 Å². The van der Waals surface area contributed by atoms with Crippen LogP contribution in [0.15, 0.2) is 36.4 Å². The van der Waals surface area contributed by atoms with Crippen molar-refractivity contribution in [3.63, 3.8) is 0 Å². The summed E-state index contributed by atoms with van der Waals surface area (Å²) in [5.74, 6) is 0.506. The fourth-order valence-electron chi connectivity index (χ4n) is 2.93. The predicted molar refractivity (Wildman–Crippen MR) is 81.6 cm³/mol. The lowest BCUT2D eigenvalue weighted by molar-refractivity contribution is -0.286. The molecule has 6 nitrogen and oxygen atoms in total. The third kappa shape index (κ3) is 2.90. The summed E-state index contributed by atoms with van der Waals surface area (Å²) in [5, 5.41) is 0. The Hall–Kier alpha value is -3.03. The molecule has 0 fully saturated rings. The van der Waals surface area contributed by atoms with E-state index in [2.05, 4.69) is 9.47 Å². The van der Waals surface area contributed by atoms with Crippen LogP contribution in [0, 0.1) is 0 Å². The Morgan fingerprint density at radius 1 is 1.08 bits per heavy atom. The number of hydrogen-bond donors (Lipinski definition) is 1. The lowest BCUT2D eigenvalue weighted by Crippen LogP contribution is -2.25. The van der Waals surface area contributed by atoms with E-state index in [0.717, 1.165) is 5.56 Å². The molecule has 0 spiro atoms. The molecule has 1 unspecified atom stereocenters. The minimum atomic E-state index is -3.65. The third-order valence-corrected chi connectivity index (χ3v) is 3.99. The second-order valence-corrected chi connectivity index (χ2v) is 5.64. The number of halogens is 2. The highest BCUT2D eigenvalue weighted by atomic mass is 19.3. The Morgan fingerprint density at radius 2 is 1.76 bits per heavy atom. The van der Waals surface area contributed by atoms with Crippen LogP contribution < -0.4 is 19.9 Å². The van der Waals surface area contributed by atoms with E-state index in [1.807, 2.05) is 0 Å². The topological polar surface area (TPSA) is 80.0 Å². The molecule has 0 saturated carbocycles. The molecule has 0 bridgehead atoms. The van der Waals surface area contributed by atoms with Crippen LogP contribution in [0.25, 0.3) is 11.1 Å². The average Bonchev–Trinajstić information content (AvgIpc) is 2.87. The van der Waals surface area contributed by atoms with E-state index in [1.165, 1.54) is 12.1 Å². The summed E-state index contributed by atoms with van der Waals surface area (Å²) >= 11 is 0. The second-order valence-electron chi connectivity index (χ2n) is 5.64. The summed E-state index contributed by atoms with van der Waals surface area (Å²) in [6.07, 6.45) is -4.46. The first kappa shape index (κ1) is 15.5. The summed E-state index contributed by atoms with van der Waals surface area (Å²) in [7, 11) is 0. The van der Waals surface area contributed by atoms with Crippen molar-refractivity contribution in [2.24, 2.45) is 5.73 Å². The zero-order valence-electron chi connectivity index (χ0n) is 12.8. The molecule has 0 radical (unpaired) electrons. The highest BCUT2D eigenvalue weighted by molar-refractivity contribution is 5.70. The third-order valence-electron chi connectivity index (χ3n) is 3.99. The molecule has 25 heavy (non-hydrogen) atoms. The SMILES string of the molecule is NC(=O)OC1CCOc2cc(-c3ccc4c(c3)OC(F)(F)O4)ccc21. The molecule has 130 valence electrons. The smallest absolute Gasteiger partial charge is 0.493 e. The van der Waals surface area contributed by atoms with Crippen molar-refractivity contribution in [1.82, 2.24) is 0 Å². The zero-order chi connectivity index (χ0) is 17.6. The van der Waals surface area contributed by atoms with Gasteiger partial charge in [0.2, 0.25) is 0 Å². The number of hydrogen-bond acceptors (Lipinski definition) is 5. The van der Waals surface area contributed by atoms with Crippen molar-refractivity contribution in [2.45, 2.75) is 18.8 Å². The number of primary amides is 1. The van der Waals surface area contributed by atoms with Crippen LogP contribution in [0.5, 0.6) is 17.2 Å². The van der Waals surface area contributed by atoms with Gasteiger partial charge in [0.05, 0.1) is 6.61 Å². The molecule has 2 aliphatic heterocycles. The first-order chi connectivity index (χ1) is 11.9. The van der Waals surface area contributed by atoms with E-state index in [4.69, 9.17) is 15.2 Å². The Bertz CT molecular complexity index is 855. The Balaban J connectivity index is 1.66. The van der Waals surface area contributed by atoms with Gasteiger partial charge in [-0.2, -0.15) is 0 Å². The second kappa shape index (κ2) is 5.51. The van der Waals surface area contributed by atoms with Crippen molar-refractivity contribution < 1.29 is 32.5 Å². The molecule has 1 amide bonds. The van der Waals surface area contributed by atoms with Crippen molar-refractivity contribution in [1.29, 1.82) is 0 Å². The molecule has 2 N–H and O–H groups in total. The molecule has 0 saturated heterocycles. The fraction of sp³-hybridized carbons (Fsp3) is 0.235. The number of benzene rings is 2. The normalized spacial score (nSPS) is 19.7. The summed E-state index contributed by atoms with van der Waals surface area (Å²) < 4.78 is 45.8. The lowest BCUT2D eigenvalue weighted by atomic mass is 9.98. The molecule has 2 aromatic rings. The Kier molecular flexibility index (Phi) is 3.41. The van der Waals surface area contributed by atoms with Gasteiger partial charge in [0.25, 0.3) is 0 Å². The molecular formula is C17H13F2NO5. The standard InChI is InChI=1S/C17H13F2NO5/c18-17(19)24-13-4-2-10(8-15(13)25-17)9-1-3-11-12(23-16(20)21)5-6-22-14(11)7-9/h1-4,7-8,12H,5-6H2,(H2,20,21). The van der Waals surface area contributed by atoms with Gasteiger partial charge < -0.3 is 24.7 Å². The number of ether oxygens (including phenoxy) is 4. The van der Waals surface area contributed by atoms with E-state index in [0.29, 0.717) is 29.9 Å². The van der Waals surface area contributed by atoms with Gasteiger partial charge in [0.15, 0.2) is 11.5 Å². The van der Waals surface area contributed by atoms with E-state index in [9.17, 15) is 13.6 Å². The van der Waals surface area contributed by atoms with Crippen LogP contribution in [-0.4, -0.2) is 19.0 Å². The van der Waals surface area contributed by atoms with Crippen LogP contribution in [-0.2, 0) is 4.74 Å². The molecule has 2 heterocycles. The minimum absolute atomic E-state index is 0.0158. The van der Waals surface area contributed by atoms with E-state index < -0.39 is 18.5 Å². The van der Waals surface area contributed by atoms with Gasteiger partial charge in [-0.1, -0.05) is 18.2 Å². The van der Waals surface area contributed by atoms with Crippen LogP contribution >= 0.6 is 0 Å². The number of fused-ring (bicyclic) bond motifs is 2. The first-order valence-corrected chi connectivity index (χ1v) is 7.54. The summed E-state index contributed by atoms with van der Waals surface area (Å²) in [6.45, 7) is 0.377. The van der Waals surface area contributed by atoms with Crippen molar-refractivity contribution in [2.75, 3.05) is 6.61 Å². The van der Waals surface area contributed by atoms with Gasteiger partial charge in [-0.25, -0.2) is 4.79 Å². The molecule has 0 aromatic heterocycles. The Morgan fingerprint density at radius 3 is 2.52 bits per heavy atom. The summed E-state index contributed by atoms with van der Waals surface area (Å²) in [5.41, 5.74) is 7.19. The number of alkyl halides is 2. The number of amides is 1. The average molecular weight is 349 g/mol. The first-order valence-electron chi connectivity index (χ1n) is 7.54. The summed E-state index contributed by atoms with van der Waals surface area (Å²) in [4.78, 5) is 11.0. The van der Waals surface area contributed by atoms with Gasteiger partial charge in [-0.3, -0.25) is 0 Å². The van der Waals surface area contributed by atoms with Gasteiger partial charge in [0, 0.05) is 12.0 Å². The van der Waals surface area contributed by atoms with Gasteiger partial charge >= 0.3 is 12.4 Å². The zero-order valence-corrected chi connectivity index (χ0v) is 12.8. The quantitative estimate of drug-likeness (QED) is 0.896. The highest BCUT2D eigenvalue weighted by Crippen LogP contribution is 2.44. The number of nitrogens with two attached hydrogens (primary N) is 1. The molecule has 4 rings (SSSR count). The molecule has 2 aromatic carbocycles. The van der Waals surface area contributed by atoms with E-state index in [-0.39, 0.29) is 11.5 Å². The number of carbonyl (C=O) groups excluding carboxylic acids is 1. The molecule has 0 aliphatic carbocycles. The summed E-state index contributed by atoms with van der Waals surface area (Å²) in [6, 6.07) is 9.83. The largest absolute Gasteiger partial charge is 0.586 e. The molecule has 8 heteroatoms. The van der Waals surface area contributed by atoms with Crippen LogP contribution in [0.1, 0.15) is 18.1 Å².